The van der Waals surface area contributed by atoms with Crippen LogP contribution in [0.4, 0.5) is 10.2 Å². The van der Waals surface area contributed by atoms with E-state index >= 15 is 0 Å². The minimum absolute atomic E-state index is 0.0157. The summed E-state index contributed by atoms with van der Waals surface area (Å²) in [6.07, 6.45) is 3.43. The van der Waals surface area contributed by atoms with Crippen molar-refractivity contribution in [3.05, 3.63) is 58.4 Å². The molecule has 1 saturated carbocycles. The summed E-state index contributed by atoms with van der Waals surface area (Å²) in [7, 11) is 1.60. The van der Waals surface area contributed by atoms with Crippen LogP contribution in [0.2, 0.25) is 0 Å². The Hall–Kier alpha value is -3.49. The summed E-state index contributed by atoms with van der Waals surface area (Å²) < 4.78 is 20.7. The number of nitrogens with zero attached hydrogens (tertiary/aromatic N) is 5. The number of piperazine rings is 1. The Morgan fingerprint density at radius 1 is 1.09 bits per heavy atom. The zero-order valence-electron chi connectivity index (χ0n) is 19.1. The molecule has 2 aromatic heterocycles. The van der Waals surface area contributed by atoms with Crippen LogP contribution in [0.15, 0.2) is 41.3 Å². The van der Waals surface area contributed by atoms with Gasteiger partial charge < -0.3 is 14.5 Å². The van der Waals surface area contributed by atoms with Gasteiger partial charge >= 0.3 is 0 Å². The summed E-state index contributed by atoms with van der Waals surface area (Å²) in [5.74, 6) is 0.628. The fraction of sp³-hybridized carbons (Fsp3) is 0.417. The molecule has 9 heteroatoms. The molecule has 1 aliphatic carbocycles. The standard InChI is InChI=1S/C22H22FN5O3.C2H6/c1-31-18-3-2-8-24-20(18)26-9-11-27(12-10-26)22(30)19-17-13-14(23)4-7-16(17)21(29)28(25-19)15-5-6-15;1-2/h2-4,7-8,13,15H,5-6,9-12H2,1H3;1-2H3. The highest BCUT2D eigenvalue weighted by Crippen LogP contribution is 2.33. The van der Waals surface area contributed by atoms with E-state index in [2.05, 4.69) is 15.0 Å². The number of pyridine rings is 1. The molecule has 0 atom stereocenters. The highest BCUT2D eigenvalue weighted by molar-refractivity contribution is 6.04. The van der Waals surface area contributed by atoms with Crippen LogP contribution in [0.5, 0.6) is 5.75 Å². The van der Waals surface area contributed by atoms with E-state index in [0.29, 0.717) is 37.3 Å². The first kappa shape index (κ1) is 22.7. The van der Waals surface area contributed by atoms with Gasteiger partial charge in [0.2, 0.25) is 0 Å². The number of anilines is 1. The zero-order valence-corrected chi connectivity index (χ0v) is 19.1. The molecular formula is C24H28FN5O3. The maximum Gasteiger partial charge on any atom is 0.275 e. The highest BCUT2D eigenvalue weighted by atomic mass is 19.1. The molecule has 5 rings (SSSR count). The van der Waals surface area contributed by atoms with Crippen LogP contribution < -0.4 is 15.2 Å². The predicted octanol–water partition coefficient (Wildman–Crippen LogP) is 3.26. The van der Waals surface area contributed by atoms with Crippen molar-refractivity contribution < 1.29 is 13.9 Å². The zero-order chi connectivity index (χ0) is 23.5. The number of hydrogen-bond donors (Lipinski definition) is 0. The number of methoxy groups -OCH3 is 1. The maximum absolute atomic E-state index is 13.9. The van der Waals surface area contributed by atoms with Crippen molar-refractivity contribution in [2.45, 2.75) is 32.7 Å². The van der Waals surface area contributed by atoms with Crippen LogP contribution in [0.3, 0.4) is 0 Å². The van der Waals surface area contributed by atoms with E-state index in [1.165, 1.54) is 22.9 Å². The Balaban J connectivity index is 0.00000126. The average molecular weight is 454 g/mol. The molecule has 3 aromatic rings. The molecular weight excluding hydrogens is 425 g/mol. The molecule has 174 valence electrons. The van der Waals surface area contributed by atoms with Gasteiger partial charge in [-0.05, 0) is 43.2 Å². The SMILES string of the molecule is CC.COc1cccnc1N1CCN(C(=O)c2nn(C3CC3)c(=O)c3ccc(F)cc23)CC1. The maximum atomic E-state index is 13.9. The van der Waals surface area contributed by atoms with E-state index in [9.17, 15) is 14.0 Å². The molecule has 1 saturated heterocycles. The summed E-state index contributed by atoms with van der Waals surface area (Å²) in [5.41, 5.74) is -0.147. The molecule has 1 aliphatic heterocycles. The second-order valence-electron chi connectivity index (χ2n) is 7.83. The van der Waals surface area contributed by atoms with Gasteiger partial charge in [0.05, 0.1) is 18.5 Å². The van der Waals surface area contributed by atoms with Crippen molar-refractivity contribution in [3.63, 3.8) is 0 Å². The molecule has 0 bridgehead atoms. The number of carbonyl (C=O) groups excluding carboxylic acids is 1. The minimum atomic E-state index is -0.501. The summed E-state index contributed by atoms with van der Waals surface area (Å²) in [6, 6.07) is 7.59. The van der Waals surface area contributed by atoms with Crippen LogP contribution in [0.25, 0.3) is 10.8 Å². The number of ether oxygens (including phenoxy) is 1. The van der Waals surface area contributed by atoms with Crippen molar-refractivity contribution in [1.82, 2.24) is 19.7 Å². The number of hydrogen-bond acceptors (Lipinski definition) is 6. The Labute approximate surface area is 191 Å². The third-order valence-corrected chi connectivity index (χ3v) is 5.82. The van der Waals surface area contributed by atoms with E-state index in [0.717, 1.165) is 18.7 Å². The van der Waals surface area contributed by atoms with Crippen LogP contribution in [-0.4, -0.2) is 58.9 Å². The van der Waals surface area contributed by atoms with E-state index < -0.39 is 5.82 Å². The Morgan fingerprint density at radius 3 is 2.48 bits per heavy atom. The van der Waals surface area contributed by atoms with Gasteiger partial charge in [-0.2, -0.15) is 5.10 Å². The van der Waals surface area contributed by atoms with Gasteiger partial charge in [0.1, 0.15) is 5.82 Å². The van der Waals surface area contributed by atoms with Gasteiger partial charge in [0, 0.05) is 37.8 Å². The number of rotatable bonds is 4. The fourth-order valence-corrected chi connectivity index (χ4v) is 4.00. The third-order valence-electron chi connectivity index (χ3n) is 5.82. The van der Waals surface area contributed by atoms with Gasteiger partial charge in [-0.15, -0.1) is 0 Å². The summed E-state index contributed by atoms with van der Waals surface area (Å²) in [5, 5.41) is 4.97. The van der Waals surface area contributed by atoms with E-state index in [1.807, 2.05) is 26.0 Å². The van der Waals surface area contributed by atoms with Crippen LogP contribution >= 0.6 is 0 Å². The number of aromatic nitrogens is 3. The molecule has 0 unspecified atom stereocenters. The largest absolute Gasteiger partial charge is 0.493 e. The fourth-order valence-electron chi connectivity index (χ4n) is 4.00. The van der Waals surface area contributed by atoms with Crippen molar-refractivity contribution in [3.8, 4) is 5.75 Å². The smallest absolute Gasteiger partial charge is 0.275 e. The molecule has 8 nitrogen and oxygen atoms in total. The monoisotopic (exact) mass is 453 g/mol. The summed E-state index contributed by atoms with van der Waals surface area (Å²) >= 11 is 0. The number of amides is 1. The van der Waals surface area contributed by atoms with Gasteiger partial charge in [-0.3, -0.25) is 9.59 Å². The second kappa shape index (κ2) is 9.56. The van der Waals surface area contributed by atoms with Crippen LogP contribution in [0.1, 0.15) is 43.2 Å². The Kier molecular flexibility index (Phi) is 6.57. The first-order valence-electron chi connectivity index (χ1n) is 11.3. The lowest BCUT2D eigenvalue weighted by molar-refractivity contribution is 0.0740. The van der Waals surface area contributed by atoms with E-state index in [-0.39, 0.29) is 28.6 Å². The molecule has 0 spiro atoms. The molecule has 2 aliphatic rings. The number of halogens is 1. The normalized spacial score (nSPS) is 15.8. The minimum Gasteiger partial charge on any atom is -0.493 e. The first-order valence-corrected chi connectivity index (χ1v) is 11.3. The molecule has 1 aromatic carbocycles. The molecule has 1 amide bonds. The highest BCUT2D eigenvalue weighted by Gasteiger charge is 2.31. The second-order valence-corrected chi connectivity index (χ2v) is 7.83. The lowest BCUT2D eigenvalue weighted by Crippen LogP contribution is -2.49. The van der Waals surface area contributed by atoms with Gasteiger partial charge in [0.15, 0.2) is 17.3 Å². The quantitative estimate of drug-likeness (QED) is 0.603. The van der Waals surface area contributed by atoms with E-state index in [1.54, 1.807) is 18.2 Å². The van der Waals surface area contributed by atoms with E-state index in [4.69, 9.17) is 4.74 Å². The Bertz CT molecular complexity index is 1220. The average Bonchev–Trinajstić information content (AvgIpc) is 3.70. The predicted molar refractivity (Wildman–Crippen MR) is 124 cm³/mol. The molecule has 0 radical (unpaired) electrons. The number of benzene rings is 1. The van der Waals surface area contributed by atoms with Crippen molar-refractivity contribution in [1.29, 1.82) is 0 Å². The third kappa shape index (κ3) is 4.40. The molecule has 3 heterocycles. The Morgan fingerprint density at radius 2 is 1.82 bits per heavy atom. The van der Waals surface area contributed by atoms with Gasteiger partial charge in [-0.25, -0.2) is 14.1 Å². The van der Waals surface area contributed by atoms with Crippen molar-refractivity contribution >= 4 is 22.5 Å². The van der Waals surface area contributed by atoms with Gasteiger partial charge in [0.25, 0.3) is 11.5 Å². The summed E-state index contributed by atoms with van der Waals surface area (Å²) in [4.78, 5) is 34.3. The van der Waals surface area contributed by atoms with Crippen molar-refractivity contribution in [2.75, 3.05) is 38.2 Å². The summed E-state index contributed by atoms with van der Waals surface area (Å²) in [6.45, 7) is 6.07. The first-order chi connectivity index (χ1) is 16.1. The topological polar surface area (TPSA) is 80.6 Å². The van der Waals surface area contributed by atoms with Crippen LogP contribution in [-0.2, 0) is 0 Å². The van der Waals surface area contributed by atoms with Crippen LogP contribution in [0, 0.1) is 5.82 Å². The van der Waals surface area contributed by atoms with Gasteiger partial charge in [-0.1, -0.05) is 13.8 Å². The van der Waals surface area contributed by atoms with Crippen molar-refractivity contribution in [2.24, 2.45) is 0 Å². The lowest BCUT2D eigenvalue weighted by Gasteiger charge is -2.35. The molecule has 0 N–H and O–H groups in total. The number of fused-ring (bicyclic) bond motifs is 1. The lowest BCUT2D eigenvalue weighted by atomic mass is 10.1. The number of carbonyl (C=O) groups is 1. The molecule has 2 fully saturated rings. The molecule has 33 heavy (non-hydrogen) atoms.